The van der Waals surface area contributed by atoms with Crippen LogP contribution in [0.4, 0.5) is 0 Å². The minimum atomic E-state index is -0.339. The predicted molar refractivity (Wildman–Crippen MR) is 69.6 cm³/mol. The van der Waals surface area contributed by atoms with Gasteiger partial charge in [0.15, 0.2) is 0 Å². The van der Waals surface area contributed by atoms with Gasteiger partial charge >= 0.3 is 5.97 Å². The Morgan fingerprint density at radius 3 is 2.26 bits per heavy atom. The lowest BCUT2D eigenvalue weighted by Gasteiger charge is -2.23. The van der Waals surface area contributed by atoms with Crippen LogP contribution < -0.4 is 12.4 Å². The first-order chi connectivity index (χ1) is 8.42. The van der Waals surface area contributed by atoms with Crippen molar-refractivity contribution >= 4 is 12.3 Å². The summed E-state index contributed by atoms with van der Waals surface area (Å²) >= 11 is 0. The Labute approximate surface area is 120 Å². The molecule has 4 nitrogen and oxygen atoms in total. The largest absolute Gasteiger partial charge is 1.00 e. The van der Waals surface area contributed by atoms with E-state index in [2.05, 4.69) is 21.1 Å². The van der Waals surface area contributed by atoms with Crippen molar-refractivity contribution in [2.75, 3.05) is 34.3 Å². The number of carbonyl (C=O) groups is 2. The van der Waals surface area contributed by atoms with Crippen molar-refractivity contribution in [1.29, 1.82) is 0 Å². The number of carbonyl (C=O) groups excluding carboxylic acids is 2. The topological polar surface area (TPSA) is 43.4 Å². The van der Waals surface area contributed by atoms with E-state index in [0.717, 1.165) is 23.7 Å². The molecule has 0 aliphatic heterocycles. The van der Waals surface area contributed by atoms with E-state index >= 15 is 0 Å². The normalized spacial score (nSPS) is 10.5. The minimum absolute atomic E-state index is 0. The first kappa shape index (κ1) is 17.6. The zero-order valence-electron chi connectivity index (χ0n) is 11.6. The number of rotatable bonds is 6. The number of quaternary nitrogens is 1. The Morgan fingerprint density at radius 2 is 1.79 bits per heavy atom. The molecule has 0 aliphatic carbocycles. The summed E-state index contributed by atoms with van der Waals surface area (Å²) in [5, 5.41) is 0. The molecule has 1 aromatic rings. The maximum atomic E-state index is 11.7. The SMILES string of the molecule is C[N+](C)(C)CCCOC(=O)c1ccc(C=O)cc1.[Cl-]. The van der Waals surface area contributed by atoms with Crippen LogP contribution in [0, 0.1) is 0 Å². The minimum Gasteiger partial charge on any atom is -1.00 e. The molecule has 1 rings (SSSR count). The van der Waals surface area contributed by atoms with Crippen molar-refractivity contribution in [1.82, 2.24) is 0 Å². The van der Waals surface area contributed by atoms with E-state index in [1.54, 1.807) is 24.3 Å². The van der Waals surface area contributed by atoms with Gasteiger partial charge in [0, 0.05) is 12.0 Å². The van der Waals surface area contributed by atoms with Gasteiger partial charge < -0.3 is 21.6 Å². The lowest BCUT2D eigenvalue weighted by molar-refractivity contribution is -0.870. The van der Waals surface area contributed by atoms with Crippen LogP contribution in [0.2, 0.25) is 0 Å². The van der Waals surface area contributed by atoms with Crippen LogP contribution in [0.3, 0.4) is 0 Å². The fourth-order valence-electron chi connectivity index (χ4n) is 1.48. The number of hydrogen-bond donors (Lipinski definition) is 0. The molecular weight excluding hydrogens is 266 g/mol. The molecule has 5 heteroatoms. The fraction of sp³-hybridized carbons (Fsp3) is 0.429. The van der Waals surface area contributed by atoms with Crippen molar-refractivity contribution in [3.63, 3.8) is 0 Å². The number of hydrogen-bond acceptors (Lipinski definition) is 3. The van der Waals surface area contributed by atoms with Crippen LogP contribution >= 0.6 is 0 Å². The molecule has 0 N–H and O–H groups in total. The molecule has 0 unspecified atom stereocenters. The van der Waals surface area contributed by atoms with Gasteiger partial charge in [0.05, 0.1) is 39.9 Å². The second-order valence-electron chi connectivity index (χ2n) is 5.24. The van der Waals surface area contributed by atoms with Gasteiger partial charge in [-0.1, -0.05) is 12.1 Å². The van der Waals surface area contributed by atoms with E-state index in [0.29, 0.717) is 17.7 Å². The summed E-state index contributed by atoms with van der Waals surface area (Å²) in [5.74, 6) is -0.339. The summed E-state index contributed by atoms with van der Waals surface area (Å²) in [5.41, 5.74) is 1.03. The van der Waals surface area contributed by atoms with Gasteiger partial charge in [-0.25, -0.2) is 4.79 Å². The van der Waals surface area contributed by atoms with Crippen molar-refractivity contribution in [3.8, 4) is 0 Å². The van der Waals surface area contributed by atoms with Crippen molar-refractivity contribution < 1.29 is 31.2 Å². The van der Waals surface area contributed by atoms with E-state index in [4.69, 9.17) is 4.74 Å². The van der Waals surface area contributed by atoms with Gasteiger partial charge in [-0.05, 0) is 12.1 Å². The standard InChI is InChI=1S/C14H20NO3.ClH/c1-15(2,3)9-4-10-18-14(17)13-7-5-12(11-16)6-8-13;/h5-8,11H,4,9-10H2,1-3H3;1H/q+1;/p-1. The zero-order chi connectivity index (χ0) is 13.6. The molecule has 0 aromatic heterocycles. The monoisotopic (exact) mass is 285 g/mol. The second kappa shape index (κ2) is 7.92. The number of halogens is 1. The summed E-state index contributed by atoms with van der Waals surface area (Å²) in [4.78, 5) is 22.1. The number of esters is 1. The summed E-state index contributed by atoms with van der Waals surface area (Å²) in [7, 11) is 6.29. The van der Waals surface area contributed by atoms with Crippen LogP contribution in [0.25, 0.3) is 0 Å². The molecule has 106 valence electrons. The maximum Gasteiger partial charge on any atom is 0.338 e. The smallest absolute Gasteiger partial charge is 0.338 e. The molecule has 0 radical (unpaired) electrons. The molecule has 0 aliphatic rings. The molecule has 0 heterocycles. The van der Waals surface area contributed by atoms with Crippen molar-refractivity contribution in [3.05, 3.63) is 35.4 Å². The van der Waals surface area contributed by atoms with Crippen LogP contribution in [-0.2, 0) is 4.74 Å². The van der Waals surface area contributed by atoms with Crippen molar-refractivity contribution in [2.45, 2.75) is 6.42 Å². The Hall–Kier alpha value is -1.39. The molecule has 0 fully saturated rings. The van der Waals surface area contributed by atoms with Gasteiger partial charge in [-0.15, -0.1) is 0 Å². The summed E-state index contributed by atoms with van der Waals surface area (Å²) in [6.07, 6.45) is 1.58. The van der Waals surface area contributed by atoms with Crippen LogP contribution in [0.15, 0.2) is 24.3 Å². The number of benzene rings is 1. The lowest BCUT2D eigenvalue weighted by Crippen LogP contribution is -3.00. The maximum absolute atomic E-state index is 11.7. The molecule has 0 spiro atoms. The van der Waals surface area contributed by atoms with Gasteiger partial charge in [0.2, 0.25) is 0 Å². The molecule has 0 amide bonds. The number of nitrogens with zero attached hydrogens (tertiary/aromatic N) is 1. The summed E-state index contributed by atoms with van der Waals surface area (Å²) < 4.78 is 6.01. The van der Waals surface area contributed by atoms with Gasteiger partial charge in [0.25, 0.3) is 0 Å². The third kappa shape index (κ3) is 6.94. The Kier molecular flexibility index (Phi) is 7.34. The molecule has 0 bridgehead atoms. The molecule has 1 aromatic carbocycles. The highest BCUT2D eigenvalue weighted by atomic mass is 35.5. The van der Waals surface area contributed by atoms with Gasteiger partial charge in [-0.2, -0.15) is 0 Å². The van der Waals surface area contributed by atoms with Crippen LogP contribution in [0.5, 0.6) is 0 Å². The Morgan fingerprint density at radius 1 is 1.21 bits per heavy atom. The Balaban J connectivity index is 0.00000324. The first-order valence-electron chi connectivity index (χ1n) is 5.95. The summed E-state index contributed by atoms with van der Waals surface area (Å²) in [6, 6.07) is 6.42. The van der Waals surface area contributed by atoms with Gasteiger partial charge in [0.1, 0.15) is 6.29 Å². The fourth-order valence-corrected chi connectivity index (χ4v) is 1.48. The third-order valence-electron chi connectivity index (χ3n) is 2.49. The van der Waals surface area contributed by atoms with E-state index in [9.17, 15) is 9.59 Å². The molecule has 0 atom stereocenters. The first-order valence-corrected chi connectivity index (χ1v) is 5.95. The van der Waals surface area contributed by atoms with Crippen LogP contribution in [0.1, 0.15) is 27.1 Å². The molecule has 0 saturated heterocycles. The summed E-state index contributed by atoms with van der Waals surface area (Å²) in [6.45, 7) is 1.38. The molecule has 0 saturated carbocycles. The highest BCUT2D eigenvalue weighted by molar-refractivity contribution is 5.90. The molecule has 19 heavy (non-hydrogen) atoms. The van der Waals surface area contributed by atoms with Crippen molar-refractivity contribution in [2.24, 2.45) is 0 Å². The lowest BCUT2D eigenvalue weighted by atomic mass is 10.1. The average molecular weight is 286 g/mol. The Bertz CT molecular complexity index is 410. The predicted octanol–water partition coefficient (Wildman–Crippen LogP) is -1.24. The average Bonchev–Trinajstić information content (AvgIpc) is 2.33. The second-order valence-corrected chi connectivity index (χ2v) is 5.24. The number of ether oxygens (including phenoxy) is 1. The molecular formula is C14H20ClNO3. The third-order valence-corrected chi connectivity index (χ3v) is 2.49. The van der Waals surface area contributed by atoms with E-state index in [-0.39, 0.29) is 18.4 Å². The quantitative estimate of drug-likeness (QED) is 0.284. The van der Waals surface area contributed by atoms with Gasteiger partial charge in [-0.3, -0.25) is 4.79 Å². The van der Waals surface area contributed by atoms with E-state index in [1.807, 2.05) is 0 Å². The highest BCUT2D eigenvalue weighted by Crippen LogP contribution is 2.05. The van der Waals surface area contributed by atoms with Crippen LogP contribution in [-0.4, -0.2) is 51.0 Å². The zero-order valence-corrected chi connectivity index (χ0v) is 12.3. The number of aldehydes is 1. The highest BCUT2D eigenvalue weighted by Gasteiger charge is 2.09. The van der Waals surface area contributed by atoms with E-state index < -0.39 is 0 Å². The van der Waals surface area contributed by atoms with E-state index in [1.165, 1.54) is 0 Å².